The number of nitrogens with two attached hydrogens (primary N) is 1. The zero-order valence-corrected chi connectivity index (χ0v) is 11.6. The molecule has 0 spiro atoms. The Morgan fingerprint density at radius 3 is 3.00 bits per heavy atom. The fourth-order valence-electron chi connectivity index (χ4n) is 2.47. The van der Waals surface area contributed by atoms with Gasteiger partial charge < -0.3 is 11.1 Å². The predicted molar refractivity (Wildman–Crippen MR) is 81.1 cm³/mol. The molecule has 7 nitrogen and oxygen atoms in total. The van der Waals surface area contributed by atoms with Gasteiger partial charge in [0.1, 0.15) is 0 Å². The maximum absolute atomic E-state index is 12.1. The van der Waals surface area contributed by atoms with Crippen LogP contribution in [0.1, 0.15) is 12.8 Å². The summed E-state index contributed by atoms with van der Waals surface area (Å²) in [5, 5.41) is 13.7. The molecule has 3 rings (SSSR count). The first-order valence-corrected chi connectivity index (χ1v) is 7.01. The smallest absolute Gasteiger partial charge is 0.229 e. The van der Waals surface area contributed by atoms with Crippen molar-refractivity contribution in [2.24, 2.45) is 16.6 Å². The third-order valence-corrected chi connectivity index (χ3v) is 3.64. The molecular formula is C14H18N6O. The summed E-state index contributed by atoms with van der Waals surface area (Å²) < 4.78 is 0. The summed E-state index contributed by atoms with van der Waals surface area (Å²) in [5.41, 5.74) is 7.37. The lowest BCUT2D eigenvalue weighted by Crippen LogP contribution is -2.43. The van der Waals surface area contributed by atoms with E-state index in [0.29, 0.717) is 5.69 Å². The van der Waals surface area contributed by atoms with Gasteiger partial charge in [0.05, 0.1) is 17.4 Å². The number of piperidine rings is 1. The summed E-state index contributed by atoms with van der Waals surface area (Å²) in [4.78, 5) is 16.3. The third kappa shape index (κ3) is 3.19. The molecule has 0 aliphatic carbocycles. The number of aliphatic imine (C=N–C) groups is 1. The van der Waals surface area contributed by atoms with Crippen LogP contribution in [0.4, 0.5) is 5.69 Å². The Morgan fingerprint density at radius 2 is 2.19 bits per heavy atom. The van der Waals surface area contributed by atoms with Gasteiger partial charge in [-0.15, -0.1) is 0 Å². The van der Waals surface area contributed by atoms with E-state index in [1.54, 1.807) is 6.20 Å². The highest BCUT2D eigenvalue weighted by atomic mass is 16.2. The first-order valence-electron chi connectivity index (χ1n) is 7.01. The standard InChI is InChI=1S/C14H18N6O/c15-14(19-13(21)9-3-5-16-6-4-9)18-11-2-1-10-8-17-20-12(10)7-11/h1-2,7-9,16H,3-6H2,(H,17,20)(H3,15,18,19,21). The number of benzene rings is 1. The number of nitrogens with one attached hydrogen (secondary N) is 3. The van der Waals surface area contributed by atoms with E-state index < -0.39 is 0 Å². The summed E-state index contributed by atoms with van der Waals surface area (Å²) in [6.45, 7) is 1.73. The minimum absolute atomic E-state index is 0.00934. The van der Waals surface area contributed by atoms with Crippen molar-refractivity contribution in [3.8, 4) is 0 Å². The van der Waals surface area contributed by atoms with Gasteiger partial charge in [-0.05, 0) is 44.1 Å². The van der Waals surface area contributed by atoms with Crippen LogP contribution in [0.3, 0.4) is 0 Å². The lowest BCUT2D eigenvalue weighted by atomic mass is 9.97. The van der Waals surface area contributed by atoms with E-state index in [4.69, 9.17) is 5.73 Å². The highest BCUT2D eigenvalue weighted by Gasteiger charge is 2.21. The summed E-state index contributed by atoms with van der Waals surface area (Å²) in [5.74, 6) is 0.0767. The molecule has 5 N–H and O–H groups in total. The van der Waals surface area contributed by atoms with Gasteiger partial charge in [-0.3, -0.25) is 15.2 Å². The van der Waals surface area contributed by atoms with Crippen molar-refractivity contribution in [3.05, 3.63) is 24.4 Å². The molecule has 1 amide bonds. The van der Waals surface area contributed by atoms with Crippen molar-refractivity contribution in [1.29, 1.82) is 0 Å². The lowest BCUT2D eigenvalue weighted by molar-refractivity contribution is -0.124. The number of hydrogen-bond donors (Lipinski definition) is 4. The largest absolute Gasteiger partial charge is 0.369 e. The van der Waals surface area contributed by atoms with Crippen molar-refractivity contribution in [2.75, 3.05) is 13.1 Å². The van der Waals surface area contributed by atoms with Crippen LogP contribution in [0.25, 0.3) is 10.9 Å². The van der Waals surface area contributed by atoms with Gasteiger partial charge in [0, 0.05) is 11.3 Å². The summed E-state index contributed by atoms with van der Waals surface area (Å²) in [6.07, 6.45) is 3.41. The molecule has 0 radical (unpaired) electrons. The second-order valence-electron chi connectivity index (χ2n) is 5.15. The predicted octanol–water partition coefficient (Wildman–Crippen LogP) is 0.625. The molecule has 1 saturated heterocycles. The minimum atomic E-state index is -0.0552. The average Bonchev–Trinajstić information content (AvgIpc) is 2.95. The van der Waals surface area contributed by atoms with Crippen LogP contribution in [-0.4, -0.2) is 35.2 Å². The van der Waals surface area contributed by atoms with Gasteiger partial charge in [0.25, 0.3) is 0 Å². The molecule has 2 aromatic rings. The number of aromatic amines is 1. The van der Waals surface area contributed by atoms with Gasteiger partial charge >= 0.3 is 0 Å². The zero-order chi connectivity index (χ0) is 14.7. The van der Waals surface area contributed by atoms with Crippen LogP contribution in [0.5, 0.6) is 0 Å². The number of rotatable bonds is 2. The van der Waals surface area contributed by atoms with E-state index in [0.717, 1.165) is 36.8 Å². The Hall–Kier alpha value is -2.41. The van der Waals surface area contributed by atoms with Crippen molar-refractivity contribution in [2.45, 2.75) is 12.8 Å². The topological polar surface area (TPSA) is 108 Å². The summed E-state index contributed by atoms with van der Waals surface area (Å²) in [7, 11) is 0. The Bertz CT molecular complexity index is 671. The van der Waals surface area contributed by atoms with E-state index in [-0.39, 0.29) is 17.8 Å². The Morgan fingerprint density at radius 1 is 1.38 bits per heavy atom. The normalized spacial score (nSPS) is 17.0. The van der Waals surface area contributed by atoms with Crippen LogP contribution in [0, 0.1) is 5.92 Å². The number of aromatic nitrogens is 2. The monoisotopic (exact) mass is 286 g/mol. The van der Waals surface area contributed by atoms with E-state index in [1.807, 2.05) is 18.2 Å². The molecule has 1 aromatic heterocycles. The Kier molecular flexibility index (Phi) is 3.83. The fraction of sp³-hybridized carbons (Fsp3) is 0.357. The van der Waals surface area contributed by atoms with Crippen LogP contribution >= 0.6 is 0 Å². The number of H-pyrrole nitrogens is 1. The van der Waals surface area contributed by atoms with Gasteiger partial charge in [-0.25, -0.2) is 4.99 Å². The Balaban J connectivity index is 1.68. The average molecular weight is 286 g/mol. The van der Waals surface area contributed by atoms with Crippen LogP contribution in [0.2, 0.25) is 0 Å². The van der Waals surface area contributed by atoms with E-state index >= 15 is 0 Å². The third-order valence-electron chi connectivity index (χ3n) is 3.64. The van der Waals surface area contributed by atoms with E-state index in [2.05, 4.69) is 25.8 Å². The maximum Gasteiger partial charge on any atom is 0.229 e. The van der Waals surface area contributed by atoms with E-state index in [9.17, 15) is 4.79 Å². The molecule has 2 heterocycles. The second kappa shape index (κ2) is 5.92. The molecule has 7 heteroatoms. The van der Waals surface area contributed by atoms with Gasteiger partial charge in [0.2, 0.25) is 11.9 Å². The summed E-state index contributed by atoms with van der Waals surface area (Å²) in [6, 6.07) is 5.58. The number of nitrogens with zero attached hydrogens (tertiary/aromatic N) is 2. The van der Waals surface area contributed by atoms with Gasteiger partial charge in [-0.2, -0.15) is 5.10 Å². The zero-order valence-electron chi connectivity index (χ0n) is 11.6. The second-order valence-corrected chi connectivity index (χ2v) is 5.15. The number of guanidine groups is 1. The molecule has 0 bridgehead atoms. The van der Waals surface area contributed by atoms with Crippen LogP contribution in [-0.2, 0) is 4.79 Å². The van der Waals surface area contributed by atoms with Gasteiger partial charge in [0.15, 0.2) is 0 Å². The first kappa shape index (κ1) is 13.6. The molecule has 0 atom stereocenters. The molecular weight excluding hydrogens is 268 g/mol. The molecule has 21 heavy (non-hydrogen) atoms. The van der Waals surface area contributed by atoms with Crippen LogP contribution < -0.4 is 16.4 Å². The fourth-order valence-corrected chi connectivity index (χ4v) is 2.47. The van der Waals surface area contributed by atoms with E-state index in [1.165, 1.54) is 0 Å². The molecule has 1 fully saturated rings. The number of hydrogen-bond acceptors (Lipinski definition) is 4. The Labute approximate surface area is 122 Å². The van der Waals surface area contributed by atoms with Crippen molar-refractivity contribution in [1.82, 2.24) is 20.8 Å². The quantitative estimate of drug-likeness (QED) is 0.479. The molecule has 0 saturated carbocycles. The first-order chi connectivity index (χ1) is 10.2. The number of amides is 1. The van der Waals surface area contributed by atoms with Crippen molar-refractivity contribution < 1.29 is 4.79 Å². The SMILES string of the molecule is NC(=Nc1ccc2cn[nH]c2c1)NC(=O)C1CCNCC1. The maximum atomic E-state index is 12.1. The lowest BCUT2D eigenvalue weighted by Gasteiger charge is -2.21. The van der Waals surface area contributed by atoms with Crippen LogP contribution in [0.15, 0.2) is 29.4 Å². The molecule has 1 aliphatic rings. The van der Waals surface area contributed by atoms with Crippen molar-refractivity contribution in [3.63, 3.8) is 0 Å². The summed E-state index contributed by atoms with van der Waals surface area (Å²) >= 11 is 0. The molecule has 110 valence electrons. The molecule has 1 aliphatic heterocycles. The minimum Gasteiger partial charge on any atom is -0.369 e. The van der Waals surface area contributed by atoms with Gasteiger partial charge in [-0.1, -0.05) is 0 Å². The highest BCUT2D eigenvalue weighted by molar-refractivity contribution is 5.98. The molecule has 0 unspecified atom stereocenters. The number of carbonyl (C=O) groups is 1. The van der Waals surface area contributed by atoms with Crippen molar-refractivity contribution >= 4 is 28.5 Å². The molecule has 1 aromatic carbocycles. The number of carbonyl (C=O) groups excluding carboxylic acids is 1. The number of fused-ring (bicyclic) bond motifs is 1. The highest BCUT2D eigenvalue weighted by Crippen LogP contribution is 2.19.